The minimum Gasteiger partial charge on any atom is -0.479 e. The van der Waals surface area contributed by atoms with E-state index >= 15 is 0 Å². The molecule has 1 unspecified atom stereocenters. The van der Waals surface area contributed by atoms with Crippen LogP contribution < -0.4 is 10.6 Å². The monoisotopic (exact) mass is 480 g/mol. The molecule has 0 saturated heterocycles. The molecule has 3 N–H and O–H groups in total. The van der Waals surface area contributed by atoms with Gasteiger partial charge in [-0.25, -0.2) is 9.59 Å². The number of aliphatic carboxylic acids is 1. The molecule has 1 atom stereocenters. The van der Waals surface area contributed by atoms with Crippen molar-refractivity contribution in [3.8, 4) is 11.1 Å². The molecule has 2 aromatic rings. The number of hydrogen-bond donors (Lipinski definition) is 3. The summed E-state index contributed by atoms with van der Waals surface area (Å²) in [6.45, 7) is 0.837. The standard InChI is InChI=1S/C27H32N2O6/c1-34-23(25(31)32)11-14-28-24(30)15-27(12-6-13-27)17-29-26(33)35-16-22-20-9-4-2-7-18(20)19-8-3-5-10-21(19)22/h2-5,7-10,22-23H,6,11-17H2,1H3,(H,28,30)(H,29,33)(H,31,32). The number of alkyl carbamates (subject to hydrolysis) is 1. The second kappa shape index (κ2) is 10.9. The first-order chi connectivity index (χ1) is 16.9. The maximum absolute atomic E-state index is 12.5. The smallest absolute Gasteiger partial charge is 0.407 e. The molecule has 2 aliphatic rings. The molecule has 2 aliphatic carbocycles. The molecule has 0 heterocycles. The van der Waals surface area contributed by atoms with Crippen LogP contribution in [0.25, 0.3) is 11.1 Å². The average molecular weight is 481 g/mol. The molecule has 8 heteroatoms. The van der Waals surface area contributed by atoms with Gasteiger partial charge in [0, 0.05) is 39.0 Å². The van der Waals surface area contributed by atoms with Gasteiger partial charge in [0.25, 0.3) is 0 Å². The van der Waals surface area contributed by atoms with E-state index in [0.29, 0.717) is 6.54 Å². The van der Waals surface area contributed by atoms with Crippen LogP contribution >= 0.6 is 0 Å². The van der Waals surface area contributed by atoms with Crippen LogP contribution in [0.1, 0.15) is 49.1 Å². The Bertz CT molecular complexity index is 1040. The van der Waals surface area contributed by atoms with Gasteiger partial charge in [0.1, 0.15) is 6.61 Å². The topological polar surface area (TPSA) is 114 Å². The van der Waals surface area contributed by atoms with Crippen LogP contribution in [0.2, 0.25) is 0 Å². The molecular formula is C27H32N2O6. The van der Waals surface area contributed by atoms with Gasteiger partial charge >= 0.3 is 12.1 Å². The highest BCUT2D eigenvalue weighted by molar-refractivity contribution is 5.79. The normalized spacial score (nSPS) is 16.4. The van der Waals surface area contributed by atoms with Crippen molar-refractivity contribution in [1.29, 1.82) is 0 Å². The third-order valence-electron chi connectivity index (χ3n) is 7.19. The molecule has 1 fully saturated rings. The molecule has 0 aromatic heterocycles. The second-order valence-electron chi connectivity index (χ2n) is 9.41. The minimum atomic E-state index is -1.05. The van der Waals surface area contributed by atoms with Crippen LogP contribution in [-0.4, -0.2) is 56.0 Å². The lowest BCUT2D eigenvalue weighted by molar-refractivity contribution is -0.149. The highest BCUT2D eigenvalue weighted by Gasteiger charge is 2.39. The number of carboxylic acid groups (broad SMARTS) is 1. The third-order valence-corrected chi connectivity index (χ3v) is 7.19. The number of carboxylic acids is 1. The Morgan fingerprint density at radius 3 is 2.20 bits per heavy atom. The Balaban J connectivity index is 1.25. The van der Waals surface area contributed by atoms with E-state index in [0.717, 1.165) is 30.4 Å². The second-order valence-corrected chi connectivity index (χ2v) is 9.41. The zero-order chi connectivity index (χ0) is 24.8. The van der Waals surface area contributed by atoms with Crippen LogP contribution in [0.15, 0.2) is 48.5 Å². The van der Waals surface area contributed by atoms with E-state index in [4.69, 9.17) is 14.6 Å². The van der Waals surface area contributed by atoms with Crippen LogP contribution in [0.5, 0.6) is 0 Å². The third kappa shape index (κ3) is 5.65. The Kier molecular flexibility index (Phi) is 7.70. The van der Waals surface area contributed by atoms with Crippen molar-refractivity contribution in [3.63, 3.8) is 0 Å². The number of amides is 2. The largest absolute Gasteiger partial charge is 0.479 e. The first-order valence-corrected chi connectivity index (χ1v) is 12.0. The van der Waals surface area contributed by atoms with Gasteiger partial charge in [-0.3, -0.25) is 4.79 Å². The van der Waals surface area contributed by atoms with Crippen LogP contribution in [0.4, 0.5) is 4.79 Å². The molecule has 1 saturated carbocycles. The van der Waals surface area contributed by atoms with E-state index in [9.17, 15) is 14.4 Å². The summed E-state index contributed by atoms with van der Waals surface area (Å²) in [5.74, 6) is -1.21. The predicted octanol–water partition coefficient (Wildman–Crippen LogP) is 3.69. The molecule has 4 rings (SSSR count). The van der Waals surface area contributed by atoms with Gasteiger partial charge in [0.05, 0.1) is 0 Å². The molecule has 0 radical (unpaired) electrons. The molecule has 186 valence electrons. The lowest BCUT2D eigenvalue weighted by Gasteiger charge is -2.41. The fourth-order valence-electron chi connectivity index (χ4n) is 5.09. The Morgan fingerprint density at radius 1 is 1.03 bits per heavy atom. The summed E-state index contributed by atoms with van der Waals surface area (Å²) in [5, 5.41) is 14.6. The summed E-state index contributed by atoms with van der Waals surface area (Å²) in [4.78, 5) is 36.0. The molecule has 2 aromatic carbocycles. The van der Waals surface area contributed by atoms with Gasteiger partial charge in [-0.05, 0) is 40.5 Å². The van der Waals surface area contributed by atoms with Gasteiger partial charge in [0.2, 0.25) is 5.91 Å². The van der Waals surface area contributed by atoms with Gasteiger partial charge in [-0.15, -0.1) is 0 Å². The van der Waals surface area contributed by atoms with Gasteiger partial charge in [-0.1, -0.05) is 55.0 Å². The first kappa shape index (κ1) is 24.7. The molecule has 0 aliphatic heterocycles. The van der Waals surface area contributed by atoms with Crippen molar-refractivity contribution in [2.24, 2.45) is 5.41 Å². The summed E-state index contributed by atoms with van der Waals surface area (Å²) in [7, 11) is 1.33. The highest BCUT2D eigenvalue weighted by atomic mass is 16.5. The van der Waals surface area contributed by atoms with Crippen LogP contribution in [0, 0.1) is 5.41 Å². The summed E-state index contributed by atoms with van der Waals surface area (Å²) in [6, 6.07) is 16.4. The van der Waals surface area contributed by atoms with Crippen molar-refractivity contribution >= 4 is 18.0 Å². The zero-order valence-corrected chi connectivity index (χ0v) is 19.9. The van der Waals surface area contributed by atoms with Gasteiger partial charge < -0.3 is 25.2 Å². The van der Waals surface area contributed by atoms with Crippen molar-refractivity contribution < 1.29 is 29.0 Å². The Hall–Kier alpha value is -3.39. The molecule has 8 nitrogen and oxygen atoms in total. The number of carbonyl (C=O) groups is 3. The van der Waals surface area contributed by atoms with Crippen molar-refractivity contribution in [3.05, 3.63) is 59.7 Å². The average Bonchev–Trinajstić information content (AvgIpc) is 3.15. The van der Waals surface area contributed by atoms with E-state index in [2.05, 4.69) is 34.9 Å². The first-order valence-electron chi connectivity index (χ1n) is 12.0. The molecule has 2 amide bonds. The minimum absolute atomic E-state index is 0.00156. The number of ether oxygens (including phenoxy) is 2. The van der Waals surface area contributed by atoms with Crippen molar-refractivity contribution in [1.82, 2.24) is 10.6 Å². The number of fused-ring (bicyclic) bond motifs is 3. The predicted molar refractivity (Wildman–Crippen MR) is 130 cm³/mol. The molecule has 0 spiro atoms. The highest BCUT2D eigenvalue weighted by Crippen LogP contribution is 2.45. The number of rotatable bonds is 11. The maximum Gasteiger partial charge on any atom is 0.407 e. The zero-order valence-electron chi connectivity index (χ0n) is 19.9. The molecule has 35 heavy (non-hydrogen) atoms. The van der Waals surface area contributed by atoms with Gasteiger partial charge in [0.15, 0.2) is 6.10 Å². The quantitative estimate of drug-likeness (QED) is 0.452. The van der Waals surface area contributed by atoms with Crippen LogP contribution in [0.3, 0.4) is 0 Å². The molecular weight excluding hydrogens is 448 g/mol. The Morgan fingerprint density at radius 2 is 1.66 bits per heavy atom. The summed E-state index contributed by atoms with van der Waals surface area (Å²) < 4.78 is 10.5. The Labute approximate surface area is 205 Å². The number of methoxy groups -OCH3 is 1. The number of nitrogens with one attached hydrogen (secondary N) is 2. The van der Waals surface area contributed by atoms with E-state index < -0.39 is 18.2 Å². The van der Waals surface area contributed by atoms with Gasteiger partial charge in [-0.2, -0.15) is 0 Å². The number of carbonyl (C=O) groups excluding carboxylic acids is 2. The number of hydrogen-bond acceptors (Lipinski definition) is 5. The SMILES string of the molecule is COC(CCNC(=O)CC1(CNC(=O)OCC2c3ccccc3-c3ccccc32)CCC1)C(=O)O. The number of benzene rings is 2. The van der Waals surface area contributed by atoms with E-state index in [1.54, 1.807) is 0 Å². The summed E-state index contributed by atoms with van der Waals surface area (Å²) in [5.41, 5.74) is 4.39. The summed E-state index contributed by atoms with van der Waals surface area (Å²) >= 11 is 0. The molecule has 0 bridgehead atoms. The van der Waals surface area contributed by atoms with E-state index in [-0.39, 0.29) is 43.2 Å². The lowest BCUT2D eigenvalue weighted by Crippen LogP contribution is -2.45. The summed E-state index contributed by atoms with van der Waals surface area (Å²) in [6.07, 6.45) is 1.75. The van der Waals surface area contributed by atoms with E-state index in [1.165, 1.54) is 18.2 Å². The van der Waals surface area contributed by atoms with E-state index in [1.807, 2.05) is 24.3 Å². The maximum atomic E-state index is 12.5. The fraction of sp³-hybridized carbons (Fsp3) is 0.444. The lowest BCUT2D eigenvalue weighted by atomic mass is 9.66. The fourth-order valence-corrected chi connectivity index (χ4v) is 5.09. The van der Waals surface area contributed by atoms with Crippen molar-refractivity contribution in [2.45, 2.75) is 44.1 Å². The van der Waals surface area contributed by atoms with Crippen molar-refractivity contribution in [2.75, 3.05) is 26.8 Å². The van der Waals surface area contributed by atoms with Crippen LogP contribution in [-0.2, 0) is 19.1 Å².